The molecule has 0 aromatic carbocycles. The largest absolute Gasteiger partial charge is 0.409 e. The molecule has 1 fully saturated rings. The Balaban J connectivity index is 2.00. The Morgan fingerprint density at radius 1 is 1.26 bits per heavy atom. The van der Waals surface area contributed by atoms with E-state index >= 15 is 0 Å². The molecule has 1 aliphatic heterocycles. The quantitative estimate of drug-likeness (QED) is 0.349. The average molecular weight is 264 g/mol. The van der Waals surface area contributed by atoms with Crippen LogP contribution in [0, 0.1) is 0 Å². The van der Waals surface area contributed by atoms with Crippen molar-refractivity contribution in [3.63, 3.8) is 0 Å². The smallest absolute Gasteiger partial charge is 0.225 e. The zero-order chi connectivity index (χ0) is 13.9. The molecule has 104 valence electrons. The lowest BCUT2D eigenvalue weighted by Crippen LogP contribution is -2.60. The van der Waals surface area contributed by atoms with E-state index in [0.29, 0.717) is 0 Å². The SMILES string of the molecule is CC(C)(C(N)=NO)N1CCN(c2ncccn2)CC1. The Labute approximate surface area is 112 Å². The summed E-state index contributed by atoms with van der Waals surface area (Å²) in [7, 11) is 0. The van der Waals surface area contributed by atoms with E-state index in [1.165, 1.54) is 0 Å². The summed E-state index contributed by atoms with van der Waals surface area (Å²) in [4.78, 5) is 12.8. The topological polar surface area (TPSA) is 90.9 Å². The van der Waals surface area contributed by atoms with Gasteiger partial charge in [0.1, 0.15) is 0 Å². The van der Waals surface area contributed by atoms with Crippen molar-refractivity contribution in [2.45, 2.75) is 19.4 Å². The zero-order valence-corrected chi connectivity index (χ0v) is 11.3. The number of nitrogens with zero attached hydrogens (tertiary/aromatic N) is 5. The summed E-state index contributed by atoms with van der Waals surface area (Å²) >= 11 is 0. The fraction of sp³-hybridized carbons (Fsp3) is 0.583. The van der Waals surface area contributed by atoms with Crippen LogP contribution in [0.25, 0.3) is 0 Å². The lowest BCUT2D eigenvalue weighted by Gasteiger charge is -2.43. The first-order valence-electron chi connectivity index (χ1n) is 6.30. The van der Waals surface area contributed by atoms with Gasteiger partial charge in [-0.15, -0.1) is 0 Å². The van der Waals surface area contributed by atoms with E-state index in [9.17, 15) is 0 Å². The minimum Gasteiger partial charge on any atom is -0.409 e. The lowest BCUT2D eigenvalue weighted by molar-refractivity contribution is 0.160. The molecule has 1 saturated heterocycles. The van der Waals surface area contributed by atoms with Crippen molar-refractivity contribution in [1.82, 2.24) is 14.9 Å². The molecule has 0 unspecified atom stereocenters. The van der Waals surface area contributed by atoms with Gasteiger partial charge in [-0.1, -0.05) is 5.16 Å². The number of hydrogen-bond donors (Lipinski definition) is 2. The molecule has 3 N–H and O–H groups in total. The van der Waals surface area contributed by atoms with Gasteiger partial charge in [0.25, 0.3) is 0 Å². The lowest BCUT2D eigenvalue weighted by atomic mass is 10.0. The van der Waals surface area contributed by atoms with Crippen LogP contribution in [0.3, 0.4) is 0 Å². The van der Waals surface area contributed by atoms with Gasteiger partial charge in [-0.2, -0.15) is 0 Å². The molecule has 2 heterocycles. The van der Waals surface area contributed by atoms with Crippen LogP contribution in [0.1, 0.15) is 13.8 Å². The molecule has 7 heteroatoms. The average Bonchev–Trinajstić information content (AvgIpc) is 2.47. The van der Waals surface area contributed by atoms with E-state index < -0.39 is 5.54 Å². The van der Waals surface area contributed by atoms with Crippen LogP contribution in [0.4, 0.5) is 5.95 Å². The molecule has 1 aromatic heterocycles. The highest BCUT2D eigenvalue weighted by Gasteiger charge is 2.34. The Morgan fingerprint density at radius 3 is 2.37 bits per heavy atom. The highest BCUT2D eigenvalue weighted by atomic mass is 16.4. The van der Waals surface area contributed by atoms with E-state index in [0.717, 1.165) is 32.1 Å². The van der Waals surface area contributed by atoms with Crippen LogP contribution < -0.4 is 10.6 Å². The van der Waals surface area contributed by atoms with Gasteiger partial charge in [0.15, 0.2) is 5.84 Å². The molecule has 19 heavy (non-hydrogen) atoms. The standard InChI is InChI=1S/C12H20N6O/c1-12(2,10(13)16-19)18-8-6-17(7-9-18)11-14-4-3-5-15-11/h3-5,19H,6-9H2,1-2H3,(H2,13,16). The van der Waals surface area contributed by atoms with Gasteiger partial charge in [-0.3, -0.25) is 4.90 Å². The van der Waals surface area contributed by atoms with E-state index in [1.54, 1.807) is 18.5 Å². The normalized spacial score (nSPS) is 18.6. The van der Waals surface area contributed by atoms with Crippen molar-refractivity contribution in [3.05, 3.63) is 18.5 Å². The fourth-order valence-corrected chi connectivity index (χ4v) is 2.20. The third-order valence-electron chi connectivity index (χ3n) is 3.64. The van der Waals surface area contributed by atoms with Gasteiger partial charge in [-0.25, -0.2) is 9.97 Å². The molecule has 0 radical (unpaired) electrons. The highest BCUT2D eigenvalue weighted by molar-refractivity contribution is 5.88. The Morgan fingerprint density at radius 2 is 1.84 bits per heavy atom. The van der Waals surface area contributed by atoms with E-state index in [1.807, 2.05) is 13.8 Å². The number of hydrogen-bond acceptors (Lipinski definition) is 6. The van der Waals surface area contributed by atoms with E-state index in [2.05, 4.69) is 24.9 Å². The van der Waals surface area contributed by atoms with Crippen LogP contribution >= 0.6 is 0 Å². The summed E-state index contributed by atoms with van der Waals surface area (Å²) in [6.45, 7) is 7.20. The Hall–Kier alpha value is -1.89. The third-order valence-corrected chi connectivity index (χ3v) is 3.64. The van der Waals surface area contributed by atoms with Crippen molar-refractivity contribution in [2.24, 2.45) is 10.9 Å². The number of oxime groups is 1. The molecular weight excluding hydrogens is 244 g/mol. The van der Waals surface area contributed by atoms with Crippen LogP contribution in [-0.2, 0) is 0 Å². The number of anilines is 1. The second-order valence-electron chi connectivity index (χ2n) is 5.07. The Kier molecular flexibility index (Phi) is 3.84. The number of amidine groups is 1. The molecule has 0 amide bonds. The molecule has 1 aliphatic rings. The molecule has 0 saturated carbocycles. The first-order chi connectivity index (χ1) is 9.05. The minimum atomic E-state index is -0.446. The second kappa shape index (κ2) is 5.40. The van der Waals surface area contributed by atoms with Gasteiger partial charge in [0.2, 0.25) is 5.95 Å². The highest BCUT2D eigenvalue weighted by Crippen LogP contribution is 2.18. The summed E-state index contributed by atoms with van der Waals surface area (Å²) in [6, 6.07) is 1.81. The van der Waals surface area contributed by atoms with Gasteiger partial charge in [0, 0.05) is 38.6 Å². The number of aromatic nitrogens is 2. The molecule has 1 aromatic rings. The number of rotatable bonds is 3. The first kappa shape index (κ1) is 13.5. The maximum Gasteiger partial charge on any atom is 0.225 e. The maximum absolute atomic E-state index is 8.84. The molecule has 0 spiro atoms. The molecule has 7 nitrogen and oxygen atoms in total. The Bertz CT molecular complexity index is 439. The van der Waals surface area contributed by atoms with Gasteiger partial charge in [-0.05, 0) is 19.9 Å². The van der Waals surface area contributed by atoms with Crippen molar-refractivity contribution < 1.29 is 5.21 Å². The minimum absolute atomic E-state index is 0.233. The summed E-state index contributed by atoms with van der Waals surface area (Å²) in [5, 5.41) is 12.0. The molecule has 2 rings (SSSR count). The first-order valence-corrected chi connectivity index (χ1v) is 6.30. The van der Waals surface area contributed by atoms with Crippen molar-refractivity contribution in [3.8, 4) is 0 Å². The van der Waals surface area contributed by atoms with E-state index in [4.69, 9.17) is 10.9 Å². The predicted octanol–water partition coefficient (Wildman–Crippen LogP) is 0.124. The second-order valence-corrected chi connectivity index (χ2v) is 5.07. The van der Waals surface area contributed by atoms with Crippen molar-refractivity contribution in [1.29, 1.82) is 0 Å². The van der Waals surface area contributed by atoms with Gasteiger partial charge >= 0.3 is 0 Å². The number of nitrogens with two attached hydrogens (primary N) is 1. The van der Waals surface area contributed by atoms with Gasteiger partial charge < -0.3 is 15.8 Å². The van der Waals surface area contributed by atoms with Crippen molar-refractivity contribution in [2.75, 3.05) is 31.1 Å². The van der Waals surface area contributed by atoms with Crippen LogP contribution in [0.5, 0.6) is 0 Å². The number of piperazine rings is 1. The summed E-state index contributed by atoms with van der Waals surface area (Å²) in [5.74, 6) is 0.987. The predicted molar refractivity (Wildman–Crippen MR) is 73.3 cm³/mol. The zero-order valence-electron chi connectivity index (χ0n) is 11.3. The molecule has 0 aliphatic carbocycles. The van der Waals surface area contributed by atoms with Gasteiger partial charge in [0.05, 0.1) is 5.54 Å². The van der Waals surface area contributed by atoms with Crippen LogP contribution in [-0.4, -0.2) is 57.6 Å². The van der Waals surface area contributed by atoms with E-state index in [-0.39, 0.29) is 5.84 Å². The maximum atomic E-state index is 8.84. The van der Waals surface area contributed by atoms with Crippen LogP contribution in [0.2, 0.25) is 0 Å². The third kappa shape index (κ3) is 2.76. The van der Waals surface area contributed by atoms with Crippen molar-refractivity contribution >= 4 is 11.8 Å². The molecule has 0 atom stereocenters. The molecular formula is C12H20N6O. The van der Waals surface area contributed by atoms with Crippen LogP contribution in [0.15, 0.2) is 23.6 Å². The summed E-state index contributed by atoms with van der Waals surface area (Å²) in [5.41, 5.74) is 5.30. The fourth-order valence-electron chi connectivity index (χ4n) is 2.20. The monoisotopic (exact) mass is 264 g/mol. The summed E-state index contributed by atoms with van der Waals surface area (Å²) in [6.07, 6.45) is 3.49. The summed E-state index contributed by atoms with van der Waals surface area (Å²) < 4.78 is 0. The molecule has 0 bridgehead atoms.